The van der Waals surface area contributed by atoms with Gasteiger partial charge in [-0.2, -0.15) is 18.3 Å². The molecule has 4 rings (SSSR count). The maximum Gasteiger partial charge on any atom is 0.416 e. The van der Waals surface area contributed by atoms with Crippen molar-refractivity contribution in [1.29, 1.82) is 0 Å². The summed E-state index contributed by atoms with van der Waals surface area (Å²) in [7, 11) is -2.54. The van der Waals surface area contributed by atoms with E-state index in [-0.39, 0.29) is 56.0 Å². The minimum atomic E-state index is -4.84. The number of sulfone groups is 1. The van der Waals surface area contributed by atoms with Gasteiger partial charge in [-0.25, -0.2) is 8.42 Å². The highest BCUT2D eigenvalue weighted by atomic mass is 35.5. The highest BCUT2D eigenvalue weighted by molar-refractivity contribution is 7.91. The van der Waals surface area contributed by atoms with E-state index in [2.05, 4.69) is 15.5 Å². The van der Waals surface area contributed by atoms with Crippen molar-refractivity contribution in [2.75, 3.05) is 30.8 Å². The van der Waals surface area contributed by atoms with Crippen LogP contribution in [0.3, 0.4) is 0 Å². The minimum Gasteiger partial charge on any atom is -0.348 e. The van der Waals surface area contributed by atoms with Crippen LogP contribution in [-0.4, -0.2) is 67.3 Å². The molecule has 1 aliphatic heterocycles. The van der Waals surface area contributed by atoms with Gasteiger partial charge in [-0.15, -0.1) is 0 Å². The molecule has 0 bridgehead atoms. The fourth-order valence-electron chi connectivity index (χ4n) is 4.83. The lowest BCUT2D eigenvalue weighted by Gasteiger charge is -2.34. The maximum atomic E-state index is 14.3. The number of H-pyrrole nitrogens is 1. The van der Waals surface area contributed by atoms with E-state index < -0.39 is 27.5 Å². The molecule has 0 unspecified atom stereocenters. The van der Waals surface area contributed by atoms with Crippen LogP contribution in [0.2, 0.25) is 10.0 Å². The molecule has 1 fully saturated rings. The maximum absolute atomic E-state index is 14.3. The van der Waals surface area contributed by atoms with Crippen LogP contribution in [0.25, 0.3) is 0 Å². The van der Waals surface area contributed by atoms with Gasteiger partial charge in [0.15, 0.2) is 9.84 Å². The van der Waals surface area contributed by atoms with Crippen LogP contribution >= 0.6 is 23.2 Å². The zero-order chi connectivity index (χ0) is 30.8. The molecular formula is C27H28Cl2F3N5O4S. The summed E-state index contributed by atoms with van der Waals surface area (Å²) in [6.45, 7) is 2.05. The van der Waals surface area contributed by atoms with E-state index >= 15 is 0 Å². The quantitative estimate of drug-likeness (QED) is 0.348. The fraction of sp³-hybridized carbons (Fsp3) is 0.370. The zero-order valence-corrected chi connectivity index (χ0v) is 25.0. The van der Waals surface area contributed by atoms with E-state index in [9.17, 15) is 31.2 Å². The van der Waals surface area contributed by atoms with Gasteiger partial charge >= 0.3 is 6.18 Å². The Bertz CT molecular complexity index is 1580. The van der Waals surface area contributed by atoms with Crippen LogP contribution in [0.5, 0.6) is 0 Å². The van der Waals surface area contributed by atoms with Gasteiger partial charge in [-0.05, 0) is 55.3 Å². The summed E-state index contributed by atoms with van der Waals surface area (Å²) in [5.74, 6) is -1.50. The summed E-state index contributed by atoms with van der Waals surface area (Å²) < 4.78 is 68.2. The van der Waals surface area contributed by atoms with Gasteiger partial charge in [0.25, 0.3) is 11.8 Å². The van der Waals surface area contributed by atoms with Gasteiger partial charge in [0.2, 0.25) is 0 Å². The summed E-state index contributed by atoms with van der Waals surface area (Å²) in [5, 5.41) is 9.05. The molecule has 3 aromatic rings. The third-order valence-electron chi connectivity index (χ3n) is 7.03. The third kappa shape index (κ3) is 7.08. The second-order valence-electron chi connectivity index (χ2n) is 9.90. The number of piperidine rings is 1. The molecule has 2 aromatic carbocycles. The highest BCUT2D eigenvalue weighted by Gasteiger charge is 2.37. The van der Waals surface area contributed by atoms with Crippen molar-refractivity contribution < 1.29 is 31.2 Å². The van der Waals surface area contributed by atoms with E-state index in [1.807, 2.05) is 0 Å². The number of benzene rings is 2. The van der Waals surface area contributed by atoms with E-state index in [4.69, 9.17) is 23.2 Å². The fourth-order valence-corrected chi connectivity index (χ4v) is 6.38. The van der Waals surface area contributed by atoms with Crippen LogP contribution in [0.4, 0.5) is 18.9 Å². The Morgan fingerprint density at radius 1 is 1.19 bits per heavy atom. The monoisotopic (exact) mass is 645 g/mol. The molecule has 1 aromatic heterocycles. The van der Waals surface area contributed by atoms with Gasteiger partial charge < -0.3 is 10.2 Å². The predicted molar refractivity (Wildman–Crippen MR) is 153 cm³/mol. The number of nitrogens with one attached hydrogen (secondary N) is 2. The number of aromatic amines is 1. The summed E-state index contributed by atoms with van der Waals surface area (Å²) in [6, 6.07) is 5.44. The Labute approximate surface area is 250 Å². The van der Waals surface area contributed by atoms with Crippen molar-refractivity contribution in [3.63, 3.8) is 0 Å². The first-order chi connectivity index (χ1) is 19.7. The summed E-state index contributed by atoms with van der Waals surface area (Å²) in [4.78, 5) is 28.3. The highest BCUT2D eigenvalue weighted by Crippen LogP contribution is 2.38. The van der Waals surface area contributed by atoms with Crippen molar-refractivity contribution in [1.82, 2.24) is 20.4 Å². The Morgan fingerprint density at radius 2 is 1.93 bits per heavy atom. The number of aromatic nitrogens is 2. The molecule has 0 radical (unpaired) electrons. The first kappa shape index (κ1) is 31.8. The normalized spacial score (nSPS) is 16.3. The van der Waals surface area contributed by atoms with Gasteiger partial charge in [0.05, 0.1) is 33.7 Å². The van der Waals surface area contributed by atoms with E-state index in [1.165, 1.54) is 44.6 Å². The summed E-state index contributed by atoms with van der Waals surface area (Å²) in [5.41, 5.74) is -1.38. The molecule has 15 heteroatoms. The lowest BCUT2D eigenvalue weighted by atomic mass is 9.99. The Morgan fingerprint density at radius 3 is 2.57 bits per heavy atom. The Hall–Kier alpha value is -3.13. The topological polar surface area (TPSA) is 115 Å². The summed E-state index contributed by atoms with van der Waals surface area (Å²) >= 11 is 12.5. The first-order valence-electron chi connectivity index (χ1n) is 12.9. The number of alkyl halides is 3. The number of carbonyl (C=O) groups is 2. The lowest BCUT2D eigenvalue weighted by Crippen LogP contribution is -2.47. The smallest absolute Gasteiger partial charge is 0.348 e. The molecule has 42 heavy (non-hydrogen) atoms. The standard InChI is InChI=1S/C27H28Cl2F3N5O4S/c1-3-42(40,41)24-7-6-18(28)11-23(24)36(2)26(39)16-9-21(27(30,31)32)20(22(29)10-16)15-37-8-4-5-19(14-37)35-25(38)17-12-33-34-13-17/h6-7,9-13,19H,3-5,8,14-15H2,1-2H3,(H,33,34)(H,35,38)/t19-/m0/s1. The average molecular weight is 647 g/mol. The molecule has 0 aliphatic carbocycles. The Kier molecular flexibility index (Phi) is 9.55. The molecule has 2 N–H and O–H groups in total. The van der Waals surface area contributed by atoms with E-state index in [1.54, 1.807) is 4.90 Å². The molecule has 2 heterocycles. The number of halogens is 5. The number of likely N-dealkylation sites (tertiary alicyclic amines) is 1. The molecule has 1 atom stereocenters. The number of hydrogen-bond acceptors (Lipinski definition) is 6. The molecule has 0 saturated carbocycles. The largest absolute Gasteiger partial charge is 0.416 e. The van der Waals surface area contributed by atoms with Gasteiger partial charge in [-0.1, -0.05) is 30.1 Å². The minimum absolute atomic E-state index is 0.0695. The average Bonchev–Trinajstić information content (AvgIpc) is 3.48. The van der Waals surface area contributed by atoms with Crippen LogP contribution in [-0.2, 0) is 22.6 Å². The number of rotatable bonds is 8. The number of hydrogen-bond donors (Lipinski definition) is 2. The van der Waals surface area contributed by atoms with Crippen molar-refractivity contribution in [2.24, 2.45) is 0 Å². The lowest BCUT2D eigenvalue weighted by molar-refractivity contribution is -0.138. The molecule has 9 nitrogen and oxygen atoms in total. The van der Waals surface area contributed by atoms with Crippen LogP contribution < -0.4 is 10.2 Å². The van der Waals surface area contributed by atoms with Crippen LogP contribution in [0, 0.1) is 0 Å². The van der Waals surface area contributed by atoms with E-state index in [0.717, 1.165) is 17.0 Å². The van der Waals surface area contributed by atoms with Gasteiger partial charge in [-0.3, -0.25) is 19.6 Å². The van der Waals surface area contributed by atoms with Gasteiger partial charge in [0, 0.05) is 48.0 Å². The first-order valence-corrected chi connectivity index (χ1v) is 15.3. The second-order valence-corrected chi connectivity index (χ2v) is 13.0. The van der Waals surface area contributed by atoms with Crippen molar-refractivity contribution in [3.05, 3.63) is 75.0 Å². The van der Waals surface area contributed by atoms with Crippen LogP contribution in [0.1, 0.15) is 51.6 Å². The molecule has 2 amide bonds. The molecule has 1 saturated heterocycles. The SMILES string of the molecule is CCS(=O)(=O)c1ccc(Cl)cc1N(C)C(=O)c1cc(Cl)c(CN2CCC[C@H](NC(=O)c3cn[nH]c3)C2)c(C(F)(F)F)c1. The number of amides is 2. The van der Waals surface area contributed by atoms with Crippen molar-refractivity contribution >= 4 is 50.5 Å². The number of carbonyl (C=O) groups excluding carboxylic acids is 2. The molecule has 0 spiro atoms. The number of anilines is 1. The van der Waals surface area contributed by atoms with Crippen molar-refractivity contribution in [3.8, 4) is 0 Å². The van der Waals surface area contributed by atoms with Crippen LogP contribution in [0.15, 0.2) is 47.6 Å². The summed E-state index contributed by atoms with van der Waals surface area (Å²) in [6.07, 6.45) is -0.730. The van der Waals surface area contributed by atoms with Gasteiger partial charge in [0.1, 0.15) is 0 Å². The zero-order valence-electron chi connectivity index (χ0n) is 22.6. The van der Waals surface area contributed by atoms with Crippen molar-refractivity contribution in [2.45, 2.75) is 43.4 Å². The second kappa shape index (κ2) is 12.6. The van der Waals surface area contributed by atoms with E-state index in [0.29, 0.717) is 31.5 Å². The molecule has 226 valence electrons. The molecule has 1 aliphatic rings. The number of nitrogens with zero attached hydrogens (tertiary/aromatic N) is 3. The molecular weight excluding hydrogens is 618 g/mol. The Balaban J connectivity index is 1.61. The predicted octanol–water partition coefficient (Wildman–Crippen LogP) is 5.20. The third-order valence-corrected chi connectivity index (χ3v) is 9.38.